The van der Waals surface area contributed by atoms with E-state index in [0.29, 0.717) is 39.4 Å². The lowest BCUT2D eigenvalue weighted by Crippen LogP contribution is -2.31. The molecule has 170 valence electrons. The molecule has 2 aliphatic rings. The number of hydrogen-bond acceptors (Lipinski definition) is 7. The van der Waals surface area contributed by atoms with Crippen LogP contribution in [-0.2, 0) is 9.53 Å². The number of rotatable bonds is 6. The normalized spacial score (nSPS) is 22.8. The first-order chi connectivity index (χ1) is 15.4. The minimum atomic E-state index is -0.205. The summed E-state index contributed by atoms with van der Waals surface area (Å²) in [7, 11) is 1.58. The second-order valence-corrected chi connectivity index (χ2v) is 10.2. The van der Waals surface area contributed by atoms with E-state index < -0.39 is 0 Å². The number of fused-ring (bicyclic) bond motifs is 1. The van der Waals surface area contributed by atoms with Crippen LogP contribution in [0.15, 0.2) is 28.0 Å². The first kappa shape index (κ1) is 22.9. The molecule has 0 radical (unpaired) electrons. The Kier molecular flexibility index (Phi) is 6.97. The van der Waals surface area contributed by atoms with Crippen LogP contribution in [0.4, 0.5) is 5.82 Å². The number of amides is 1. The van der Waals surface area contributed by atoms with Crippen molar-refractivity contribution in [3.63, 3.8) is 0 Å². The summed E-state index contributed by atoms with van der Waals surface area (Å²) in [6.07, 6.45) is 7.73. The molecule has 2 aromatic heterocycles. The number of aryl methyl sites for hydroxylation is 1. The summed E-state index contributed by atoms with van der Waals surface area (Å²) in [5, 5.41) is 3.52. The van der Waals surface area contributed by atoms with Gasteiger partial charge >= 0.3 is 0 Å². The summed E-state index contributed by atoms with van der Waals surface area (Å²) in [4.78, 5) is 33.2. The van der Waals surface area contributed by atoms with E-state index in [2.05, 4.69) is 12.2 Å². The van der Waals surface area contributed by atoms with Gasteiger partial charge in [-0.05, 0) is 56.2 Å². The van der Waals surface area contributed by atoms with Gasteiger partial charge in [-0.3, -0.25) is 18.9 Å². The minimum Gasteiger partial charge on any atom is -0.383 e. The Hall–Kier alpha value is -2.23. The summed E-state index contributed by atoms with van der Waals surface area (Å²) in [6, 6.07) is 4.02. The Morgan fingerprint density at radius 1 is 1.31 bits per heavy atom. The van der Waals surface area contributed by atoms with Crippen LogP contribution in [0.2, 0.25) is 0 Å². The van der Waals surface area contributed by atoms with Crippen LogP contribution >= 0.6 is 24.0 Å². The summed E-state index contributed by atoms with van der Waals surface area (Å²) < 4.78 is 7.10. The van der Waals surface area contributed by atoms with Gasteiger partial charge in [0.25, 0.3) is 11.5 Å². The highest BCUT2D eigenvalue weighted by Gasteiger charge is 2.32. The van der Waals surface area contributed by atoms with E-state index in [9.17, 15) is 9.59 Å². The number of ether oxygens (including phenoxy) is 1. The Morgan fingerprint density at radius 3 is 2.78 bits per heavy atom. The Balaban J connectivity index is 1.76. The zero-order chi connectivity index (χ0) is 22.8. The van der Waals surface area contributed by atoms with Crippen LogP contribution in [0.3, 0.4) is 0 Å². The number of nitrogens with one attached hydrogen (secondary N) is 1. The molecule has 7 nitrogen and oxygen atoms in total. The lowest BCUT2D eigenvalue weighted by molar-refractivity contribution is -0.122. The molecule has 3 heterocycles. The second kappa shape index (κ2) is 9.72. The van der Waals surface area contributed by atoms with Crippen molar-refractivity contribution < 1.29 is 9.53 Å². The van der Waals surface area contributed by atoms with Gasteiger partial charge in [-0.15, -0.1) is 0 Å². The van der Waals surface area contributed by atoms with Crippen molar-refractivity contribution >= 4 is 51.7 Å². The maximum absolute atomic E-state index is 13.5. The topological polar surface area (TPSA) is 75.9 Å². The van der Waals surface area contributed by atoms with Gasteiger partial charge < -0.3 is 10.1 Å². The monoisotopic (exact) mass is 472 g/mol. The van der Waals surface area contributed by atoms with Gasteiger partial charge in [0.1, 0.15) is 15.8 Å². The highest BCUT2D eigenvalue weighted by molar-refractivity contribution is 8.26. The van der Waals surface area contributed by atoms with E-state index in [-0.39, 0.29) is 17.5 Å². The Labute approximate surface area is 197 Å². The average Bonchev–Trinajstić information content (AvgIpc) is 3.04. The third-order valence-corrected chi connectivity index (χ3v) is 7.49. The highest BCUT2D eigenvalue weighted by Crippen LogP contribution is 2.33. The number of methoxy groups -OCH3 is 1. The molecular weight excluding hydrogens is 444 g/mol. The minimum absolute atomic E-state index is 0.201. The maximum atomic E-state index is 13.5. The van der Waals surface area contributed by atoms with Gasteiger partial charge in [0.2, 0.25) is 0 Å². The van der Waals surface area contributed by atoms with E-state index in [0.717, 1.165) is 37.2 Å². The third kappa shape index (κ3) is 4.60. The molecule has 0 aromatic carbocycles. The van der Waals surface area contributed by atoms with Crippen LogP contribution in [0.25, 0.3) is 11.7 Å². The average molecular weight is 473 g/mol. The fourth-order valence-electron chi connectivity index (χ4n) is 4.16. The van der Waals surface area contributed by atoms with Gasteiger partial charge in [0, 0.05) is 19.3 Å². The first-order valence-electron chi connectivity index (χ1n) is 10.9. The summed E-state index contributed by atoms with van der Waals surface area (Å²) >= 11 is 6.59. The largest absolute Gasteiger partial charge is 0.383 e. The van der Waals surface area contributed by atoms with Crippen molar-refractivity contribution in [2.75, 3.05) is 25.6 Å². The van der Waals surface area contributed by atoms with E-state index in [1.807, 2.05) is 19.1 Å². The van der Waals surface area contributed by atoms with Crippen LogP contribution < -0.4 is 10.9 Å². The van der Waals surface area contributed by atoms with Crippen molar-refractivity contribution in [3.8, 4) is 0 Å². The SMILES string of the molecule is COCCN1C(=O)C(=Cc2c(NC3CCC(C)CC3)nc3c(C)cccn3c2=O)SC1=S. The molecule has 9 heteroatoms. The number of aromatic nitrogens is 2. The first-order valence-corrected chi connectivity index (χ1v) is 12.1. The Morgan fingerprint density at radius 2 is 2.06 bits per heavy atom. The van der Waals surface area contributed by atoms with Gasteiger partial charge in [0.15, 0.2) is 0 Å². The van der Waals surface area contributed by atoms with E-state index in [1.54, 1.807) is 23.8 Å². The van der Waals surface area contributed by atoms with Crippen molar-refractivity contribution in [2.45, 2.75) is 45.6 Å². The molecule has 0 spiro atoms. The van der Waals surface area contributed by atoms with Crippen molar-refractivity contribution in [1.82, 2.24) is 14.3 Å². The summed E-state index contributed by atoms with van der Waals surface area (Å²) in [6.45, 7) is 5.00. The fourth-order valence-corrected chi connectivity index (χ4v) is 5.45. The van der Waals surface area contributed by atoms with Gasteiger partial charge in [-0.1, -0.05) is 37.0 Å². The van der Waals surface area contributed by atoms with Crippen molar-refractivity contribution in [1.29, 1.82) is 0 Å². The van der Waals surface area contributed by atoms with Crippen LogP contribution in [0.5, 0.6) is 0 Å². The molecule has 4 rings (SSSR count). The fraction of sp³-hybridized carbons (Fsp3) is 0.478. The van der Waals surface area contributed by atoms with E-state index in [1.165, 1.54) is 16.7 Å². The molecule has 1 amide bonds. The molecule has 0 unspecified atom stereocenters. The molecular formula is C23H28N4O3S2. The lowest BCUT2D eigenvalue weighted by Gasteiger charge is -2.28. The quantitative estimate of drug-likeness (QED) is 0.506. The molecule has 1 aliphatic carbocycles. The number of hydrogen-bond donors (Lipinski definition) is 1. The smallest absolute Gasteiger partial charge is 0.267 e. The predicted octanol–water partition coefficient (Wildman–Crippen LogP) is 3.84. The van der Waals surface area contributed by atoms with Crippen molar-refractivity contribution in [2.24, 2.45) is 5.92 Å². The van der Waals surface area contributed by atoms with Crippen LogP contribution in [0, 0.1) is 12.8 Å². The zero-order valence-corrected chi connectivity index (χ0v) is 20.2. The van der Waals surface area contributed by atoms with Crippen molar-refractivity contribution in [3.05, 3.63) is 44.7 Å². The number of nitrogens with zero attached hydrogens (tertiary/aromatic N) is 3. The highest BCUT2D eigenvalue weighted by atomic mass is 32.2. The molecule has 1 aliphatic heterocycles. The predicted molar refractivity (Wildman–Crippen MR) is 133 cm³/mol. The van der Waals surface area contributed by atoms with Gasteiger partial charge in [0.05, 0.1) is 23.6 Å². The molecule has 2 fully saturated rings. The third-order valence-electron chi connectivity index (χ3n) is 6.11. The van der Waals surface area contributed by atoms with Crippen LogP contribution in [0.1, 0.15) is 43.7 Å². The molecule has 1 saturated carbocycles. The summed E-state index contributed by atoms with van der Waals surface area (Å²) in [5.74, 6) is 1.05. The molecule has 2 aromatic rings. The lowest BCUT2D eigenvalue weighted by atomic mass is 9.87. The number of carbonyl (C=O) groups excluding carboxylic acids is 1. The molecule has 1 N–H and O–H groups in total. The molecule has 1 saturated heterocycles. The summed E-state index contributed by atoms with van der Waals surface area (Å²) in [5.41, 5.74) is 1.72. The number of carbonyl (C=O) groups is 1. The number of anilines is 1. The number of thiocarbonyl (C=S) groups is 1. The maximum Gasteiger partial charge on any atom is 0.267 e. The zero-order valence-electron chi connectivity index (χ0n) is 18.6. The van der Waals surface area contributed by atoms with Gasteiger partial charge in [-0.2, -0.15) is 0 Å². The van der Waals surface area contributed by atoms with E-state index >= 15 is 0 Å². The molecule has 0 atom stereocenters. The standard InChI is InChI=1S/C23H28N4O3S2/c1-14-6-8-16(9-7-14)24-19-17(21(28)26-10-4-5-15(2)20(26)25-19)13-18-22(29)27(11-12-30-3)23(31)32-18/h4-5,10,13-14,16,24H,6-9,11-12H2,1-3H3. The molecule has 32 heavy (non-hydrogen) atoms. The Bertz CT molecular complexity index is 1140. The van der Waals surface area contributed by atoms with Gasteiger partial charge in [-0.25, -0.2) is 4.98 Å². The molecule has 0 bridgehead atoms. The van der Waals surface area contributed by atoms with Crippen LogP contribution in [-0.4, -0.2) is 50.8 Å². The number of thioether (sulfide) groups is 1. The number of pyridine rings is 1. The van der Waals surface area contributed by atoms with E-state index in [4.69, 9.17) is 21.9 Å². The second-order valence-electron chi connectivity index (χ2n) is 8.49.